The van der Waals surface area contributed by atoms with Crippen LogP contribution in [0.5, 0.6) is 0 Å². The zero-order chi connectivity index (χ0) is 15.4. The topological polar surface area (TPSA) is 12.0 Å². The van der Waals surface area contributed by atoms with E-state index < -0.39 is 17.5 Å². The zero-order valence-electron chi connectivity index (χ0n) is 11.5. The van der Waals surface area contributed by atoms with Gasteiger partial charge in [0.2, 0.25) is 0 Å². The smallest absolute Gasteiger partial charge is 0.129 e. The van der Waals surface area contributed by atoms with E-state index in [1.54, 1.807) is 19.2 Å². The molecule has 0 aliphatic carbocycles. The molecule has 2 rings (SSSR count). The second-order valence-corrected chi connectivity index (χ2v) is 5.27. The third-order valence-electron chi connectivity index (χ3n) is 3.40. The van der Waals surface area contributed by atoms with Crippen LogP contribution in [-0.4, -0.2) is 13.1 Å². The molecule has 0 aromatic heterocycles. The van der Waals surface area contributed by atoms with E-state index in [9.17, 15) is 13.2 Å². The molecule has 0 aliphatic heterocycles. The molecule has 0 bridgehead atoms. The molecule has 1 unspecified atom stereocenters. The quantitative estimate of drug-likeness (QED) is 0.875. The number of benzene rings is 2. The van der Waals surface area contributed by atoms with Crippen molar-refractivity contribution < 1.29 is 13.2 Å². The van der Waals surface area contributed by atoms with Crippen LogP contribution in [0.3, 0.4) is 0 Å². The van der Waals surface area contributed by atoms with Crippen LogP contribution in [0.4, 0.5) is 13.2 Å². The third kappa shape index (κ3) is 3.99. The Hall–Kier alpha value is -1.52. The lowest BCUT2D eigenvalue weighted by Gasteiger charge is -2.17. The molecule has 2 aromatic carbocycles. The van der Waals surface area contributed by atoms with Crippen molar-refractivity contribution in [1.82, 2.24) is 5.32 Å². The van der Waals surface area contributed by atoms with Crippen LogP contribution in [0.15, 0.2) is 36.4 Å². The van der Waals surface area contributed by atoms with Gasteiger partial charge in [-0.1, -0.05) is 23.7 Å². The van der Waals surface area contributed by atoms with E-state index in [1.165, 1.54) is 24.3 Å². The maximum atomic E-state index is 13.8. The molecular formula is C16H15ClF3N. The fourth-order valence-electron chi connectivity index (χ4n) is 2.20. The number of rotatable bonds is 5. The van der Waals surface area contributed by atoms with Gasteiger partial charge in [0, 0.05) is 16.6 Å². The minimum Gasteiger partial charge on any atom is -0.316 e. The Morgan fingerprint density at radius 3 is 2.24 bits per heavy atom. The van der Waals surface area contributed by atoms with Crippen molar-refractivity contribution in [2.75, 3.05) is 7.05 Å². The number of hydrogen-bond acceptors (Lipinski definition) is 1. The predicted molar refractivity (Wildman–Crippen MR) is 78.0 cm³/mol. The first kappa shape index (κ1) is 15.9. The molecule has 1 nitrogen and oxygen atoms in total. The van der Waals surface area contributed by atoms with E-state index in [0.717, 1.165) is 0 Å². The van der Waals surface area contributed by atoms with Crippen LogP contribution < -0.4 is 5.32 Å². The van der Waals surface area contributed by atoms with Gasteiger partial charge in [-0.15, -0.1) is 0 Å². The summed E-state index contributed by atoms with van der Waals surface area (Å²) in [5.74, 6) is -1.60. The van der Waals surface area contributed by atoms with Crippen LogP contribution in [-0.2, 0) is 12.8 Å². The highest BCUT2D eigenvalue weighted by Gasteiger charge is 2.16. The monoisotopic (exact) mass is 313 g/mol. The molecule has 21 heavy (non-hydrogen) atoms. The summed E-state index contributed by atoms with van der Waals surface area (Å²) in [7, 11) is 1.68. The second kappa shape index (κ2) is 6.96. The number of hydrogen-bond donors (Lipinski definition) is 1. The molecule has 1 N–H and O–H groups in total. The van der Waals surface area contributed by atoms with Crippen LogP contribution in [0.1, 0.15) is 11.1 Å². The van der Waals surface area contributed by atoms with Crippen molar-refractivity contribution in [2.24, 2.45) is 0 Å². The van der Waals surface area contributed by atoms with Crippen molar-refractivity contribution in [3.05, 3.63) is 70.0 Å². The Labute approximate surface area is 126 Å². The van der Waals surface area contributed by atoms with Crippen LogP contribution in [0, 0.1) is 17.5 Å². The minimum atomic E-state index is -0.591. The molecule has 0 heterocycles. The van der Waals surface area contributed by atoms with Crippen molar-refractivity contribution in [3.8, 4) is 0 Å². The van der Waals surface area contributed by atoms with Gasteiger partial charge < -0.3 is 5.32 Å². The molecular weight excluding hydrogens is 299 g/mol. The molecule has 1 atom stereocenters. The largest absolute Gasteiger partial charge is 0.316 e. The van der Waals surface area contributed by atoms with E-state index >= 15 is 0 Å². The molecule has 112 valence electrons. The number of halogens is 4. The van der Waals surface area contributed by atoms with Gasteiger partial charge in [0.15, 0.2) is 0 Å². The van der Waals surface area contributed by atoms with Crippen molar-refractivity contribution in [3.63, 3.8) is 0 Å². The van der Waals surface area contributed by atoms with Gasteiger partial charge in [-0.3, -0.25) is 0 Å². The lowest BCUT2D eigenvalue weighted by molar-refractivity contribution is 0.494. The van der Waals surface area contributed by atoms with Gasteiger partial charge in [-0.25, -0.2) is 13.2 Å². The normalized spacial score (nSPS) is 12.4. The molecule has 0 aliphatic rings. The molecule has 0 amide bonds. The molecule has 0 spiro atoms. The SMILES string of the molecule is CNC(Cc1ccc(Cl)cc1F)Cc1c(F)cccc1F. The lowest BCUT2D eigenvalue weighted by atomic mass is 9.98. The number of nitrogens with one attached hydrogen (secondary N) is 1. The summed E-state index contributed by atoms with van der Waals surface area (Å²) in [5.41, 5.74) is 0.460. The average molecular weight is 314 g/mol. The van der Waals surface area contributed by atoms with E-state index in [-0.39, 0.29) is 18.0 Å². The fourth-order valence-corrected chi connectivity index (χ4v) is 2.36. The Morgan fingerprint density at radius 1 is 1.00 bits per heavy atom. The predicted octanol–water partition coefficient (Wildman–Crippen LogP) is 4.13. The summed E-state index contributed by atoms with van der Waals surface area (Å²) in [6.45, 7) is 0. The zero-order valence-corrected chi connectivity index (χ0v) is 12.2. The number of likely N-dealkylation sites (N-methyl/N-ethyl adjacent to an activating group) is 1. The second-order valence-electron chi connectivity index (χ2n) is 4.83. The van der Waals surface area contributed by atoms with Gasteiger partial charge in [-0.2, -0.15) is 0 Å². The first-order valence-electron chi connectivity index (χ1n) is 6.55. The Kier molecular flexibility index (Phi) is 5.26. The molecule has 2 aromatic rings. The molecule has 0 saturated carbocycles. The summed E-state index contributed by atoms with van der Waals surface area (Å²) in [4.78, 5) is 0. The summed E-state index contributed by atoms with van der Waals surface area (Å²) in [5, 5.41) is 3.28. The van der Waals surface area contributed by atoms with Crippen molar-refractivity contribution >= 4 is 11.6 Å². The van der Waals surface area contributed by atoms with Crippen molar-refractivity contribution in [1.29, 1.82) is 0 Å². The summed E-state index contributed by atoms with van der Waals surface area (Å²) in [6, 6.07) is 7.87. The summed E-state index contributed by atoms with van der Waals surface area (Å²) < 4.78 is 41.1. The average Bonchev–Trinajstić information content (AvgIpc) is 2.44. The van der Waals surface area contributed by atoms with Crippen LogP contribution in [0.2, 0.25) is 5.02 Å². The maximum Gasteiger partial charge on any atom is 0.129 e. The maximum absolute atomic E-state index is 13.8. The van der Waals surface area contributed by atoms with Gasteiger partial charge in [0.05, 0.1) is 0 Å². The molecule has 0 fully saturated rings. The first-order valence-corrected chi connectivity index (χ1v) is 6.93. The van der Waals surface area contributed by atoms with Gasteiger partial charge in [-0.05, 0) is 49.7 Å². The molecule has 0 radical (unpaired) electrons. The van der Waals surface area contributed by atoms with Gasteiger partial charge >= 0.3 is 0 Å². The van der Waals surface area contributed by atoms with E-state index in [1.807, 2.05) is 0 Å². The van der Waals surface area contributed by atoms with E-state index in [0.29, 0.717) is 17.0 Å². The summed E-state index contributed by atoms with van der Waals surface area (Å²) >= 11 is 5.70. The molecule has 0 saturated heterocycles. The van der Waals surface area contributed by atoms with Crippen LogP contribution in [0.25, 0.3) is 0 Å². The lowest BCUT2D eigenvalue weighted by Crippen LogP contribution is -2.31. The standard InChI is InChI=1S/C16H15ClF3N/c1-21-12(7-10-5-6-11(17)8-16(10)20)9-13-14(18)3-2-4-15(13)19/h2-6,8,12,21H,7,9H2,1H3. The fraction of sp³-hybridized carbons (Fsp3) is 0.250. The first-order chi connectivity index (χ1) is 10.0. The highest BCUT2D eigenvalue weighted by molar-refractivity contribution is 6.30. The highest BCUT2D eigenvalue weighted by Crippen LogP contribution is 2.19. The van der Waals surface area contributed by atoms with E-state index in [4.69, 9.17) is 11.6 Å². The van der Waals surface area contributed by atoms with Gasteiger partial charge in [0.25, 0.3) is 0 Å². The Bertz CT molecular complexity index is 611. The highest BCUT2D eigenvalue weighted by atomic mass is 35.5. The van der Waals surface area contributed by atoms with Crippen LogP contribution >= 0.6 is 11.6 Å². The summed E-state index contributed by atoms with van der Waals surface area (Å²) in [6.07, 6.45) is 0.449. The Balaban J connectivity index is 2.17. The van der Waals surface area contributed by atoms with Crippen molar-refractivity contribution in [2.45, 2.75) is 18.9 Å². The Morgan fingerprint density at radius 2 is 1.67 bits per heavy atom. The molecule has 5 heteroatoms. The minimum absolute atomic E-state index is 0.00576. The van der Waals surface area contributed by atoms with E-state index in [2.05, 4.69) is 5.32 Å². The van der Waals surface area contributed by atoms with Gasteiger partial charge in [0.1, 0.15) is 17.5 Å². The third-order valence-corrected chi connectivity index (χ3v) is 3.64.